The summed E-state index contributed by atoms with van der Waals surface area (Å²) in [7, 11) is 3.16. The molecule has 1 aliphatic heterocycles. The van der Waals surface area contributed by atoms with E-state index in [1.54, 1.807) is 38.5 Å². The Hall–Kier alpha value is -3.68. The van der Waals surface area contributed by atoms with Gasteiger partial charge in [-0.15, -0.1) is 10.2 Å². The Morgan fingerprint density at radius 1 is 0.970 bits per heavy atom. The van der Waals surface area contributed by atoms with E-state index < -0.39 is 0 Å². The summed E-state index contributed by atoms with van der Waals surface area (Å²) in [6.07, 6.45) is 1.93. The van der Waals surface area contributed by atoms with Crippen molar-refractivity contribution >= 4 is 11.7 Å². The van der Waals surface area contributed by atoms with Crippen LogP contribution in [0.2, 0.25) is 0 Å². The van der Waals surface area contributed by atoms with E-state index in [0.717, 1.165) is 18.4 Å². The van der Waals surface area contributed by atoms with Gasteiger partial charge in [0.1, 0.15) is 0 Å². The second kappa shape index (κ2) is 10.3. The van der Waals surface area contributed by atoms with E-state index in [1.807, 2.05) is 29.2 Å². The third kappa shape index (κ3) is 5.22. The number of amides is 1. The van der Waals surface area contributed by atoms with E-state index in [-0.39, 0.29) is 30.4 Å². The number of aromatic nitrogens is 2. The number of ketones is 1. The normalized spacial score (nSPS) is 14.2. The van der Waals surface area contributed by atoms with E-state index in [0.29, 0.717) is 41.9 Å². The highest BCUT2D eigenvalue weighted by Gasteiger charge is 2.28. The summed E-state index contributed by atoms with van der Waals surface area (Å²) in [5.74, 6) is 2.31. The van der Waals surface area contributed by atoms with Gasteiger partial charge in [0.05, 0.1) is 14.2 Å². The standard InChI is InChI=1S/C25H27N3O5/c1-31-21-10-8-19(16-22(21)32-2)25-27-26-24(33-25)18-12-14-28(15-13-18)23(30)11-9-20(29)17-6-4-3-5-7-17/h3-8,10,16,18H,9,11-15H2,1-2H3. The van der Waals surface area contributed by atoms with Gasteiger partial charge in [0.25, 0.3) is 0 Å². The van der Waals surface area contributed by atoms with E-state index in [1.165, 1.54) is 0 Å². The zero-order chi connectivity index (χ0) is 23.2. The van der Waals surface area contributed by atoms with Crippen LogP contribution in [0.1, 0.15) is 47.8 Å². The van der Waals surface area contributed by atoms with Crippen LogP contribution in [0.4, 0.5) is 0 Å². The maximum Gasteiger partial charge on any atom is 0.247 e. The van der Waals surface area contributed by atoms with E-state index >= 15 is 0 Å². The zero-order valence-corrected chi connectivity index (χ0v) is 18.8. The summed E-state index contributed by atoms with van der Waals surface area (Å²) < 4.78 is 16.5. The number of carbonyl (C=O) groups is 2. The minimum Gasteiger partial charge on any atom is -0.493 e. The molecule has 8 heteroatoms. The van der Waals surface area contributed by atoms with Gasteiger partial charge in [0, 0.05) is 43.0 Å². The molecule has 1 amide bonds. The Labute approximate surface area is 192 Å². The topological polar surface area (TPSA) is 94.8 Å². The molecule has 1 aliphatic rings. The van der Waals surface area contributed by atoms with Gasteiger partial charge >= 0.3 is 0 Å². The molecule has 172 valence electrons. The Kier molecular flexibility index (Phi) is 7.02. The highest BCUT2D eigenvalue weighted by molar-refractivity contribution is 5.97. The monoisotopic (exact) mass is 449 g/mol. The number of carbonyl (C=O) groups excluding carboxylic acids is 2. The van der Waals surface area contributed by atoms with Crippen molar-refractivity contribution in [3.63, 3.8) is 0 Å². The molecule has 33 heavy (non-hydrogen) atoms. The lowest BCUT2D eigenvalue weighted by atomic mass is 9.96. The second-order valence-electron chi connectivity index (χ2n) is 7.96. The first kappa shape index (κ1) is 22.5. The summed E-state index contributed by atoms with van der Waals surface area (Å²) >= 11 is 0. The van der Waals surface area contributed by atoms with Gasteiger partial charge in [-0.1, -0.05) is 30.3 Å². The van der Waals surface area contributed by atoms with Crippen molar-refractivity contribution in [2.75, 3.05) is 27.3 Å². The molecule has 0 saturated carbocycles. The van der Waals surface area contributed by atoms with Gasteiger partial charge in [-0.3, -0.25) is 9.59 Å². The van der Waals surface area contributed by atoms with E-state index in [2.05, 4.69) is 10.2 Å². The fraction of sp³-hybridized carbons (Fsp3) is 0.360. The molecule has 8 nitrogen and oxygen atoms in total. The Bertz CT molecular complexity index is 1100. The molecule has 0 radical (unpaired) electrons. The van der Waals surface area contributed by atoms with Gasteiger partial charge in [-0.2, -0.15) is 0 Å². The van der Waals surface area contributed by atoms with Crippen molar-refractivity contribution in [2.24, 2.45) is 0 Å². The number of piperidine rings is 1. The van der Waals surface area contributed by atoms with Crippen LogP contribution in [0.5, 0.6) is 11.5 Å². The summed E-state index contributed by atoms with van der Waals surface area (Å²) in [5, 5.41) is 8.43. The van der Waals surface area contributed by atoms with Crippen molar-refractivity contribution in [2.45, 2.75) is 31.6 Å². The van der Waals surface area contributed by atoms with Crippen LogP contribution < -0.4 is 9.47 Å². The van der Waals surface area contributed by atoms with Crippen molar-refractivity contribution in [3.8, 4) is 23.0 Å². The van der Waals surface area contributed by atoms with Gasteiger partial charge < -0.3 is 18.8 Å². The maximum atomic E-state index is 12.6. The molecule has 0 bridgehead atoms. The first-order chi connectivity index (χ1) is 16.1. The number of Topliss-reactive ketones (excluding diaryl/α,β-unsaturated/α-hetero) is 1. The summed E-state index contributed by atoms with van der Waals surface area (Å²) in [4.78, 5) is 26.7. The first-order valence-electron chi connectivity index (χ1n) is 11.0. The molecule has 1 saturated heterocycles. The molecule has 1 aromatic heterocycles. The number of hydrogen-bond donors (Lipinski definition) is 0. The largest absolute Gasteiger partial charge is 0.493 e. The number of rotatable bonds is 8. The van der Waals surface area contributed by atoms with Crippen molar-refractivity contribution in [1.29, 1.82) is 0 Å². The molecular weight excluding hydrogens is 422 g/mol. The first-order valence-corrected chi connectivity index (χ1v) is 11.0. The van der Waals surface area contributed by atoms with Crippen LogP contribution in [0.25, 0.3) is 11.5 Å². The molecule has 0 unspecified atom stereocenters. The third-order valence-corrected chi connectivity index (χ3v) is 5.93. The smallest absolute Gasteiger partial charge is 0.247 e. The second-order valence-corrected chi connectivity index (χ2v) is 7.96. The number of hydrogen-bond acceptors (Lipinski definition) is 7. The highest BCUT2D eigenvalue weighted by atomic mass is 16.5. The molecule has 2 heterocycles. The zero-order valence-electron chi connectivity index (χ0n) is 18.8. The third-order valence-electron chi connectivity index (χ3n) is 5.93. The van der Waals surface area contributed by atoms with Crippen molar-refractivity contribution < 1.29 is 23.5 Å². The molecule has 3 aromatic rings. The average Bonchev–Trinajstić information content (AvgIpc) is 3.37. The maximum absolute atomic E-state index is 12.6. The minimum atomic E-state index is -0.00705. The Morgan fingerprint density at radius 2 is 1.70 bits per heavy atom. The summed E-state index contributed by atoms with van der Waals surface area (Å²) in [6, 6.07) is 14.5. The molecule has 0 atom stereocenters. The molecule has 1 fully saturated rings. The van der Waals surface area contributed by atoms with Gasteiger partial charge in [0.2, 0.25) is 17.7 Å². The van der Waals surface area contributed by atoms with Crippen LogP contribution in [0.15, 0.2) is 52.9 Å². The van der Waals surface area contributed by atoms with Crippen LogP contribution in [0, 0.1) is 0 Å². The molecule has 2 aromatic carbocycles. The van der Waals surface area contributed by atoms with Gasteiger partial charge in [-0.25, -0.2) is 0 Å². The Balaban J connectivity index is 1.31. The predicted octanol–water partition coefficient (Wildman–Crippen LogP) is 4.12. The Morgan fingerprint density at radius 3 is 2.39 bits per heavy atom. The molecule has 4 rings (SSSR count). The van der Waals surface area contributed by atoms with Gasteiger partial charge in [0.15, 0.2) is 17.3 Å². The molecule has 0 N–H and O–H groups in total. The molecule has 0 aliphatic carbocycles. The van der Waals surface area contributed by atoms with Crippen LogP contribution in [0.3, 0.4) is 0 Å². The average molecular weight is 450 g/mol. The van der Waals surface area contributed by atoms with Crippen molar-refractivity contribution in [1.82, 2.24) is 15.1 Å². The van der Waals surface area contributed by atoms with E-state index in [4.69, 9.17) is 13.9 Å². The van der Waals surface area contributed by atoms with Crippen LogP contribution in [-0.4, -0.2) is 54.1 Å². The number of benzene rings is 2. The quantitative estimate of drug-likeness (QED) is 0.477. The number of likely N-dealkylation sites (tertiary alicyclic amines) is 1. The minimum absolute atomic E-state index is 0.00705. The number of methoxy groups -OCH3 is 2. The summed E-state index contributed by atoms with van der Waals surface area (Å²) in [5.41, 5.74) is 1.40. The summed E-state index contributed by atoms with van der Waals surface area (Å²) in [6.45, 7) is 1.22. The predicted molar refractivity (Wildman–Crippen MR) is 121 cm³/mol. The highest BCUT2D eigenvalue weighted by Crippen LogP contribution is 2.34. The molecular formula is C25H27N3O5. The lowest BCUT2D eigenvalue weighted by molar-refractivity contribution is -0.132. The number of ether oxygens (including phenoxy) is 2. The van der Waals surface area contributed by atoms with E-state index in [9.17, 15) is 9.59 Å². The van der Waals surface area contributed by atoms with Crippen LogP contribution in [-0.2, 0) is 4.79 Å². The van der Waals surface area contributed by atoms with Crippen molar-refractivity contribution in [3.05, 3.63) is 60.0 Å². The SMILES string of the molecule is COc1ccc(-c2nnc(C3CCN(C(=O)CCC(=O)c4ccccc4)CC3)o2)cc1OC. The fourth-order valence-electron chi connectivity index (χ4n) is 4.01. The van der Waals surface area contributed by atoms with Gasteiger partial charge in [-0.05, 0) is 31.0 Å². The lowest BCUT2D eigenvalue weighted by Crippen LogP contribution is -2.38. The number of nitrogens with zero attached hydrogens (tertiary/aromatic N) is 3. The fourth-order valence-corrected chi connectivity index (χ4v) is 4.01. The van der Waals surface area contributed by atoms with Crippen LogP contribution >= 0.6 is 0 Å². The lowest BCUT2D eigenvalue weighted by Gasteiger charge is -2.30. The molecule has 0 spiro atoms.